The third-order valence-corrected chi connectivity index (χ3v) is 2.97. The van der Waals surface area contributed by atoms with E-state index in [-0.39, 0.29) is 6.03 Å². The summed E-state index contributed by atoms with van der Waals surface area (Å²) in [7, 11) is 0. The summed E-state index contributed by atoms with van der Waals surface area (Å²) in [6.45, 7) is 8.57. The summed E-state index contributed by atoms with van der Waals surface area (Å²) in [4.78, 5) is 13.7. The maximum Gasteiger partial charge on any atom is 0.317 e. The lowest BCUT2D eigenvalue weighted by Crippen LogP contribution is -2.43. The fourth-order valence-electron chi connectivity index (χ4n) is 1.77. The van der Waals surface area contributed by atoms with Crippen molar-refractivity contribution in [1.82, 2.24) is 10.2 Å². The van der Waals surface area contributed by atoms with Gasteiger partial charge in [-0.05, 0) is 37.1 Å². The van der Waals surface area contributed by atoms with Crippen LogP contribution in [0.5, 0.6) is 5.75 Å². The molecule has 2 amide bonds. The van der Waals surface area contributed by atoms with Crippen LogP contribution < -0.4 is 10.1 Å². The Morgan fingerprint density at radius 1 is 1.35 bits per heavy atom. The molecule has 0 aromatic heterocycles. The standard InChI is InChI=1S/C15H23ClN2O2/c1-4-18(11-12(2)3)15(19)17-9-10-20-14-7-5-13(16)6-8-14/h5-8,12H,4,9-11H2,1-3H3,(H,17,19). The van der Waals surface area contributed by atoms with Gasteiger partial charge in [-0.1, -0.05) is 25.4 Å². The second kappa shape index (κ2) is 8.69. The van der Waals surface area contributed by atoms with Crippen molar-refractivity contribution in [2.75, 3.05) is 26.2 Å². The van der Waals surface area contributed by atoms with Crippen LogP contribution in [0.3, 0.4) is 0 Å². The Kier molecular flexibility index (Phi) is 7.23. The molecule has 112 valence electrons. The first-order valence-corrected chi connectivity index (χ1v) is 7.31. The molecule has 0 fully saturated rings. The average Bonchev–Trinajstić information content (AvgIpc) is 2.42. The van der Waals surface area contributed by atoms with Gasteiger partial charge in [0.25, 0.3) is 0 Å². The number of ether oxygens (including phenoxy) is 1. The van der Waals surface area contributed by atoms with Gasteiger partial charge in [0.05, 0.1) is 6.54 Å². The molecular formula is C15H23ClN2O2. The minimum atomic E-state index is -0.0408. The Bertz CT molecular complexity index is 407. The number of halogens is 1. The number of hydrogen-bond acceptors (Lipinski definition) is 2. The molecule has 5 heteroatoms. The van der Waals surface area contributed by atoms with Gasteiger partial charge in [-0.15, -0.1) is 0 Å². The number of nitrogens with zero attached hydrogens (tertiary/aromatic N) is 1. The maximum absolute atomic E-state index is 11.9. The van der Waals surface area contributed by atoms with E-state index in [0.717, 1.165) is 12.3 Å². The number of carbonyl (C=O) groups excluding carboxylic acids is 1. The summed E-state index contributed by atoms with van der Waals surface area (Å²) in [5.41, 5.74) is 0. The predicted molar refractivity (Wildman–Crippen MR) is 82.4 cm³/mol. The van der Waals surface area contributed by atoms with Gasteiger partial charge in [0.1, 0.15) is 12.4 Å². The van der Waals surface area contributed by atoms with Crippen LogP contribution in [0.1, 0.15) is 20.8 Å². The monoisotopic (exact) mass is 298 g/mol. The van der Waals surface area contributed by atoms with Crippen LogP contribution in [-0.4, -0.2) is 37.2 Å². The van der Waals surface area contributed by atoms with E-state index in [4.69, 9.17) is 16.3 Å². The fourth-order valence-corrected chi connectivity index (χ4v) is 1.89. The minimum absolute atomic E-state index is 0.0408. The lowest BCUT2D eigenvalue weighted by atomic mass is 10.2. The van der Waals surface area contributed by atoms with Crippen molar-refractivity contribution in [2.24, 2.45) is 5.92 Å². The van der Waals surface area contributed by atoms with Gasteiger partial charge in [0, 0.05) is 18.1 Å². The van der Waals surface area contributed by atoms with Gasteiger partial charge in [0.2, 0.25) is 0 Å². The van der Waals surface area contributed by atoms with Gasteiger partial charge in [-0.25, -0.2) is 4.79 Å². The minimum Gasteiger partial charge on any atom is -0.492 e. The smallest absolute Gasteiger partial charge is 0.317 e. The lowest BCUT2D eigenvalue weighted by Gasteiger charge is -2.23. The Labute approximate surface area is 126 Å². The molecule has 0 bridgehead atoms. The van der Waals surface area contributed by atoms with Crippen molar-refractivity contribution < 1.29 is 9.53 Å². The Morgan fingerprint density at radius 3 is 2.55 bits per heavy atom. The van der Waals surface area contributed by atoms with Gasteiger partial charge < -0.3 is 15.0 Å². The van der Waals surface area contributed by atoms with E-state index >= 15 is 0 Å². The summed E-state index contributed by atoms with van der Waals surface area (Å²) >= 11 is 5.79. The van der Waals surface area contributed by atoms with Crippen LogP contribution >= 0.6 is 11.6 Å². The SMILES string of the molecule is CCN(CC(C)C)C(=O)NCCOc1ccc(Cl)cc1. The summed E-state index contributed by atoms with van der Waals surface area (Å²) in [5, 5.41) is 3.54. The molecule has 0 unspecified atom stereocenters. The molecule has 0 aliphatic carbocycles. The van der Waals surface area contributed by atoms with Crippen LogP contribution in [0.25, 0.3) is 0 Å². The first kappa shape index (κ1) is 16.6. The Hall–Kier alpha value is -1.42. The predicted octanol–water partition coefficient (Wildman–Crippen LogP) is 3.41. The number of amides is 2. The number of nitrogens with one attached hydrogen (secondary N) is 1. The van der Waals surface area contributed by atoms with E-state index in [1.807, 2.05) is 6.92 Å². The van der Waals surface area contributed by atoms with Gasteiger partial charge in [-0.3, -0.25) is 0 Å². The number of urea groups is 1. The molecule has 1 N–H and O–H groups in total. The van der Waals surface area contributed by atoms with Crippen LogP contribution in [0.2, 0.25) is 5.02 Å². The lowest BCUT2D eigenvalue weighted by molar-refractivity contribution is 0.191. The topological polar surface area (TPSA) is 41.6 Å². The Morgan fingerprint density at radius 2 is 2.00 bits per heavy atom. The summed E-state index contributed by atoms with van der Waals surface area (Å²) in [6.07, 6.45) is 0. The zero-order chi connectivity index (χ0) is 15.0. The number of hydrogen-bond donors (Lipinski definition) is 1. The third-order valence-electron chi connectivity index (χ3n) is 2.72. The summed E-state index contributed by atoms with van der Waals surface area (Å²) in [5.74, 6) is 1.21. The molecule has 20 heavy (non-hydrogen) atoms. The molecule has 1 aromatic carbocycles. The fraction of sp³-hybridized carbons (Fsp3) is 0.533. The second-order valence-corrected chi connectivity index (χ2v) is 5.40. The molecule has 0 aliphatic heterocycles. The molecule has 1 rings (SSSR count). The highest BCUT2D eigenvalue weighted by Crippen LogP contribution is 2.15. The molecular weight excluding hydrogens is 276 g/mol. The first-order chi connectivity index (χ1) is 9.52. The zero-order valence-corrected chi connectivity index (χ0v) is 13.1. The van der Waals surface area contributed by atoms with E-state index in [0.29, 0.717) is 30.6 Å². The number of carbonyl (C=O) groups is 1. The normalized spacial score (nSPS) is 10.4. The molecule has 0 atom stereocenters. The van der Waals surface area contributed by atoms with Crippen LogP contribution in [0, 0.1) is 5.92 Å². The molecule has 0 radical (unpaired) electrons. The molecule has 0 saturated carbocycles. The van der Waals surface area contributed by atoms with Crippen molar-refractivity contribution in [3.05, 3.63) is 29.3 Å². The number of rotatable bonds is 7. The number of benzene rings is 1. The first-order valence-electron chi connectivity index (χ1n) is 6.94. The summed E-state index contributed by atoms with van der Waals surface area (Å²) in [6, 6.07) is 7.12. The van der Waals surface area contributed by atoms with Crippen molar-refractivity contribution in [3.8, 4) is 5.75 Å². The van der Waals surface area contributed by atoms with Gasteiger partial charge in [0.15, 0.2) is 0 Å². The molecule has 0 heterocycles. The third kappa shape index (κ3) is 6.15. The van der Waals surface area contributed by atoms with Crippen LogP contribution in [0.15, 0.2) is 24.3 Å². The van der Waals surface area contributed by atoms with E-state index in [1.165, 1.54) is 0 Å². The van der Waals surface area contributed by atoms with E-state index < -0.39 is 0 Å². The second-order valence-electron chi connectivity index (χ2n) is 4.97. The summed E-state index contributed by atoms with van der Waals surface area (Å²) < 4.78 is 5.51. The van der Waals surface area contributed by atoms with Crippen LogP contribution in [-0.2, 0) is 0 Å². The maximum atomic E-state index is 11.9. The van der Waals surface area contributed by atoms with E-state index in [1.54, 1.807) is 29.2 Å². The molecule has 1 aromatic rings. The molecule has 0 saturated heterocycles. The van der Waals surface area contributed by atoms with Crippen molar-refractivity contribution in [2.45, 2.75) is 20.8 Å². The zero-order valence-electron chi connectivity index (χ0n) is 12.4. The van der Waals surface area contributed by atoms with E-state index in [9.17, 15) is 4.79 Å². The highest BCUT2D eigenvalue weighted by molar-refractivity contribution is 6.30. The molecule has 0 spiro atoms. The van der Waals surface area contributed by atoms with Crippen molar-refractivity contribution in [1.29, 1.82) is 0 Å². The van der Waals surface area contributed by atoms with E-state index in [2.05, 4.69) is 19.2 Å². The Balaban J connectivity index is 2.25. The molecule has 0 aliphatic rings. The largest absolute Gasteiger partial charge is 0.492 e. The van der Waals surface area contributed by atoms with Crippen molar-refractivity contribution >= 4 is 17.6 Å². The van der Waals surface area contributed by atoms with Gasteiger partial charge >= 0.3 is 6.03 Å². The van der Waals surface area contributed by atoms with Gasteiger partial charge in [-0.2, -0.15) is 0 Å². The average molecular weight is 299 g/mol. The highest BCUT2D eigenvalue weighted by Gasteiger charge is 2.11. The van der Waals surface area contributed by atoms with Crippen LogP contribution in [0.4, 0.5) is 4.79 Å². The molecule has 4 nitrogen and oxygen atoms in total. The quantitative estimate of drug-likeness (QED) is 0.784. The van der Waals surface area contributed by atoms with Crippen molar-refractivity contribution in [3.63, 3.8) is 0 Å². The highest BCUT2D eigenvalue weighted by atomic mass is 35.5.